The highest BCUT2D eigenvalue weighted by Crippen LogP contribution is 2.31. The van der Waals surface area contributed by atoms with Crippen LogP contribution >= 0.6 is 12.2 Å². The van der Waals surface area contributed by atoms with Gasteiger partial charge >= 0.3 is 0 Å². The SMILES string of the molecule is C=CCNC(=S)N(C)Cc1cccc(OC)c1OC. The van der Waals surface area contributed by atoms with Gasteiger partial charge in [0.1, 0.15) is 0 Å². The molecule has 0 bridgehead atoms. The number of ether oxygens (including phenoxy) is 2. The number of nitrogens with zero attached hydrogens (tertiary/aromatic N) is 1. The average molecular weight is 280 g/mol. The number of hydrogen-bond acceptors (Lipinski definition) is 3. The van der Waals surface area contributed by atoms with Crippen molar-refractivity contribution in [2.45, 2.75) is 6.54 Å². The molecule has 1 aromatic carbocycles. The quantitative estimate of drug-likeness (QED) is 0.638. The Balaban J connectivity index is 2.81. The third-order valence-electron chi connectivity index (χ3n) is 2.64. The Morgan fingerprint density at radius 2 is 2.16 bits per heavy atom. The highest BCUT2D eigenvalue weighted by Gasteiger charge is 2.12. The molecule has 0 aromatic heterocycles. The Labute approximate surface area is 120 Å². The summed E-state index contributed by atoms with van der Waals surface area (Å²) in [6, 6.07) is 5.80. The van der Waals surface area contributed by atoms with E-state index in [1.165, 1.54) is 0 Å². The van der Waals surface area contributed by atoms with Gasteiger partial charge < -0.3 is 19.7 Å². The van der Waals surface area contributed by atoms with E-state index in [0.717, 1.165) is 17.1 Å². The van der Waals surface area contributed by atoms with Crippen LogP contribution in [0.2, 0.25) is 0 Å². The first-order chi connectivity index (χ1) is 9.13. The first-order valence-electron chi connectivity index (χ1n) is 5.93. The molecule has 104 valence electrons. The Bertz CT molecular complexity index is 449. The molecule has 0 aliphatic rings. The predicted molar refractivity (Wildman–Crippen MR) is 81.8 cm³/mol. The lowest BCUT2D eigenvalue weighted by molar-refractivity contribution is 0.346. The molecule has 5 heteroatoms. The lowest BCUT2D eigenvalue weighted by atomic mass is 10.1. The Morgan fingerprint density at radius 3 is 2.74 bits per heavy atom. The van der Waals surface area contributed by atoms with Crippen LogP contribution in [-0.2, 0) is 6.54 Å². The Kier molecular flexibility index (Phi) is 6.15. The smallest absolute Gasteiger partial charge is 0.169 e. The van der Waals surface area contributed by atoms with Crippen molar-refractivity contribution in [2.75, 3.05) is 27.8 Å². The van der Waals surface area contributed by atoms with Crippen LogP contribution in [0.3, 0.4) is 0 Å². The summed E-state index contributed by atoms with van der Waals surface area (Å²) in [5, 5.41) is 3.76. The first-order valence-corrected chi connectivity index (χ1v) is 6.34. The second-order valence-corrected chi connectivity index (χ2v) is 4.37. The van der Waals surface area contributed by atoms with E-state index in [-0.39, 0.29) is 0 Å². The maximum atomic E-state index is 5.40. The van der Waals surface area contributed by atoms with Crippen LogP contribution in [-0.4, -0.2) is 37.8 Å². The molecule has 0 saturated carbocycles. The highest BCUT2D eigenvalue weighted by molar-refractivity contribution is 7.80. The number of para-hydroxylation sites is 1. The van der Waals surface area contributed by atoms with Crippen LogP contribution in [0, 0.1) is 0 Å². The fourth-order valence-corrected chi connectivity index (χ4v) is 1.85. The number of rotatable bonds is 6. The molecular formula is C14H20N2O2S. The van der Waals surface area contributed by atoms with Crippen molar-refractivity contribution in [3.8, 4) is 11.5 Å². The molecule has 0 unspecified atom stereocenters. The molecule has 0 amide bonds. The van der Waals surface area contributed by atoms with E-state index in [0.29, 0.717) is 18.2 Å². The minimum absolute atomic E-state index is 0.642. The van der Waals surface area contributed by atoms with Crippen molar-refractivity contribution in [3.63, 3.8) is 0 Å². The molecule has 0 aliphatic carbocycles. The van der Waals surface area contributed by atoms with Gasteiger partial charge in [0.2, 0.25) is 0 Å². The van der Waals surface area contributed by atoms with Gasteiger partial charge in [0, 0.05) is 25.7 Å². The summed E-state index contributed by atoms with van der Waals surface area (Å²) in [5.74, 6) is 1.46. The lowest BCUT2D eigenvalue weighted by Gasteiger charge is -2.22. The Hall–Kier alpha value is -1.75. The van der Waals surface area contributed by atoms with E-state index in [2.05, 4.69) is 11.9 Å². The van der Waals surface area contributed by atoms with Crippen LogP contribution < -0.4 is 14.8 Å². The van der Waals surface area contributed by atoms with Gasteiger partial charge in [0.25, 0.3) is 0 Å². The maximum Gasteiger partial charge on any atom is 0.169 e. The Morgan fingerprint density at radius 1 is 1.42 bits per heavy atom. The number of thiocarbonyl (C=S) groups is 1. The van der Waals surface area contributed by atoms with E-state index < -0.39 is 0 Å². The summed E-state index contributed by atoms with van der Waals surface area (Å²) in [6.45, 7) is 4.94. The monoisotopic (exact) mass is 280 g/mol. The van der Waals surface area contributed by atoms with E-state index in [9.17, 15) is 0 Å². The molecule has 0 spiro atoms. The minimum atomic E-state index is 0.642. The fourth-order valence-electron chi connectivity index (χ4n) is 1.70. The van der Waals surface area contributed by atoms with Gasteiger partial charge in [-0.3, -0.25) is 0 Å². The molecule has 0 saturated heterocycles. The second-order valence-electron chi connectivity index (χ2n) is 3.98. The topological polar surface area (TPSA) is 33.7 Å². The van der Waals surface area contributed by atoms with Crippen molar-refractivity contribution < 1.29 is 9.47 Å². The lowest BCUT2D eigenvalue weighted by Crippen LogP contribution is -2.36. The molecule has 0 aliphatic heterocycles. The van der Waals surface area contributed by atoms with Crippen molar-refractivity contribution in [2.24, 2.45) is 0 Å². The zero-order valence-corrected chi connectivity index (χ0v) is 12.4. The standard InChI is InChI=1S/C14H20N2O2S/c1-5-9-15-14(19)16(2)10-11-7-6-8-12(17-3)13(11)18-4/h5-8H,1,9-10H2,2-4H3,(H,15,19). The van der Waals surface area contributed by atoms with Crippen molar-refractivity contribution in [1.29, 1.82) is 0 Å². The highest BCUT2D eigenvalue weighted by atomic mass is 32.1. The zero-order valence-electron chi connectivity index (χ0n) is 11.6. The third-order valence-corrected chi connectivity index (χ3v) is 3.09. The average Bonchev–Trinajstić information content (AvgIpc) is 2.44. The van der Waals surface area contributed by atoms with Crippen LogP contribution in [0.1, 0.15) is 5.56 Å². The minimum Gasteiger partial charge on any atom is -0.493 e. The van der Waals surface area contributed by atoms with Crippen molar-refractivity contribution in [1.82, 2.24) is 10.2 Å². The van der Waals surface area contributed by atoms with E-state index in [1.54, 1.807) is 20.3 Å². The molecule has 0 radical (unpaired) electrons. The van der Waals surface area contributed by atoms with Crippen LogP contribution in [0.25, 0.3) is 0 Å². The number of nitrogens with one attached hydrogen (secondary N) is 1. The summed E-state index contributed by atoms with van der Waals surface area (Å²) in [5.41, 5.74) is 1.02. The van der Waals surface area contributed by atoms with Gasteiger partial charge in [-0.05, 0) is 18.3 Å². The van der Waals surface area contributed by atoms with Crippen LogP contribution in [0.5, 0.6) is 11.5 Å². The largest absolute Gasteiger partial charge is 0.493 e. The first kappa shape index (κ1) is 15.3. The van der Waals surface area contributed by atoms with Gasteiger partial charge in [-0.1, -0.05) is 18.2 Å². The molecule has 0 heterocycles. The van der Waals surface area contributed by atoms with Crippen LogP contribution in [0.15, 0.2) is 30.9 Å². The third kappa shape index (κ3) is 4.13. The number of methoxy groups -OCH3 is 2. The zero-order chi connectivity index (χ0) is 14.3. The predicted octanol–water partition coefficient (Wildman–Crippen LogP) is 2.20. The summed E-state index contributed by atoms with van der Waals surface area (Å²) in [6.07, 6.45) is 1.77. The molecule has 0 fully saturated rings. The summed E-state index contributed by atoms with van der Waals surface area (Å²) in [4.78, 5) is 1.94. The molecule has 1 aromatic rings. The van der Waals surface area contributed by atoms with E-state index >= 15 is 0 Å². The van der Waals surface area contributed by atoms with Gasteiger partial charge in [-0.25, -0.2) is 0 Å². The van der Waals surface area contributed by atoms with Gasteiger partial charge in [-0.2, -0.15) is 0 Å². The maximum absolute atomic E-state index is 5.40. The fraction of sp³-hybridized carbons (Fsp3) is 0.357. The molecule has 19 heavy (non-hydrogen) atoms. The normalized spacial score (nSPS) is 9.63. The van der Waals surface area contributed by atoms with Gasteiger partial charge in [0.15, 0.2) is 16.6 Å². The summed E-state index contributed by atoms with van der Waals surface area (Å²) in [7, 11) is 5.19. The second kappa shape index (κ2) is 7.63. The van der Waals surface area contributed by atoms with Crippen LogP contribution in [0.4, 0.5) is 0 Å². The van der Waals surface area contributed by atoms with E-state index in [1.807, 2.05) is 30.1 Å². The molecule has 1 N–H and O–H groups in total. The molecular weight excluding hydrogens is 260 g/mol. The molecule has 4 nitrogen and oxygen atoms in total. The number of hydrogen-bond donors (Lipinski definition) is 1. The molecule has 1 rings (SSSR count). The summed E-state index contributed by atoms with van der Waals surface area (Å²) >= 11 is 5.28. The summed E-state index contributed by atoms with van der Waals surface area (Å²) < 4.78 is 10.7. The van der Waals surface area contributed by atoms with Gasteiger partial charge in [0.05, 0.1) is 14.2 Å². The van der Waals surface area contributed by atoms with Crippen molar-refractivity contribution in [3.05, 3.63) is 36.4 Å². The number of benzene rings is 1. The molecule has 0 atom stereocenters. The van der Waals surface area contributed by atoms with E-state index in [4.69, 9.17) is 21.7 Å². The van der Waals surface area contributed by atoms with Crippen molar-refractivity contribution >= 4 is 17.3 Å². The van der Waals surface area contributed by atoms with Gasteiger partial charge in [-0.15, -0.1) is 6.58 Å².